The molecule has 0 aliphatic carbocycles. The molecule has 43 heavy (non-hydrogen) atoms. The number of benzene rings is 1. The monoisotopic (exact) mass is 608 g/mol. The SMILES string of the molecule is C=C/C(C)=C\C.CC.CC.CC(C)C(NC(=O)CNC=O)C(=O)NCC(=O)NCc1ccc(C(=N)N)c(F)c1.CCCC. The van der Waals surface area contributed by atoms with Crippen molar-refractivity contribution in [1.82, 2.24) is 21.3 Å². The van der Waals surface area contributed by atoms with Gasteiger partial charge < -0.3 is 27.0 Å². The summed E-state index contributed by atoms with van der Waals surface area (Å²) in [6, 6.07) is 3.15. The van der Waals surface area contributed by atoms with Crippen LogP contribution in [0.1, 0.15) is 93.2 Å². The molecule has 0 aromatic heterocycles. The largest absolute Gasteiger partial charge is 0.384 e. The third kappa shape index (κ3) is 25.4. The molecule has 1 rings (SSSR count). The van der Waals surface area contributed by atoms with Crippen LogP contribution in [0.5, 0.6) is 0 Å². The Bertz CT molecular complexity index is 979. The van der Waals surface area contributed by atoms with Crippen LogP contribution in [-0.2, 0) is 25.7 Å². The number of carbonyl (C=O) groups is 4. The predicted octanol–water partition coefficient (Wildman–Crippen LogP) is 4.73. The maximum atomic E-state index is 13.8. The fraction of sp³-hybridized carbons (Fsp3) is 0.531. The van der Waals surface area contributed by atoms with E-state index in [0.717, 1.165) is 6.07 Å². The molecule has 246 valence electrons. The summed E-state index contributed by atoms with van der Waals surface area (Å²) in [6.07, 6.45) is 6.86. The summed E-state index contributed by atoms with van der Waals surface area (Å²) >= 11 is 0. The number of carbonyl (C=O) groups excluding carboxylic acids is 4. The molecular formula is C32H57FN6O4. The van der Waals surface area contributed by atoms with E-state index in [-0.39, 0.29) is 31.1 Å². The fourth-order valence-corrected chi connectivity index (χ4v) is 2.44. The molecule has 0 spiro atoms. The van der Waals surface area contributed by atoms with E-state index in [1.807, 2.05) is 53.7 Å². The van der Waals surface area contributed by atoms with Gasteiger partial charge in [0.1, 0.15) is 17.7 Å². The van der Waals surface area contributed by atoms with Gasteiger partial charge in [-0.15, -0.1) is 0 Å². The number of nitrogens with two attached hydrogens (primary N) is 1. The Kier molecular flexibility index (Phi) is 33.1. The van der Waals surface area contributed by atoms with Crippen LogP contribution in [0, 0.1) is 17.1 Å². The lowest BCUT2D eigenvalue weighted by Gasteiger charge is -2.21. The molecule has 0 saturated carbocycles. The molecular weight excluding hydrogens is 551 g/mol. The molecule has 0 aliphatic heterocycles. The zero-order valence-corrected chi connectivity index (χ0v) is 27.9. The number of rotatable bonds is 13. The Hall–Kier alpha value is -4.02. The van der Waals surface area contributed by atoms with Gasteiger partial charge >= 0.3 is 0 Å². The van der Waals surface area contributed by atoms with Gasteiger partial charge in [0.2, 0.25) is 24.1 Å². The predicted molar refractivity (Wildman–Crippen MR) is 176 cm³/mol. The van der Waals surface area contributed by atoms with Crippen LogP contribution in [0.25, 0.3) is 0 Å². The van der Waals surface area contributed by atoms with Crippen LogP contribution in [-0.4, -0.2) is 49.1 Å². The van der Waals surface area contributed by atoms with Crippen LogP contribution in [0.15, 0.2) is 42.5 Å². The second-order valence-corrected chi connectivity index (χ2v) is 8.75. The van der Waals surface area contributed by atoms with Crippen molar-refractivity contribution in [2.24, 2.45) is 11.7 Å². The Morgan fingerprint density at radius 3 is 1.95 bits per heavy atom. The molecule has 0 bridgehead atoms. The van der Waals surface area contributed by atoms with Crippen molar-refractivity contribution in [2.75, 3.05) is 13.1 Å². The summed E-state index contributed by atoms with van der Waals surface area (Å²) in [6.45, 7) is 22.8. The number of allylic oxidation sites excluding steroid dienone is 3. The standard InChI is InChI=1S/C18H25FN6O4.C6H10.C4H10.2C2H6/c1-10(2)16(25-15(28)7-22-9-26)18(29)24-8-14(27)23-6-11-3-4-12(17(20)21)13(19)5-11;1-4-6(3)5-2;1-3-4-2;2*1-2/h3-5,9-10,16H,6-8H2,1-2H3,(H3,20,21)(H,22,26)(H,23,27)(H,24,29)(H,25,28);4-5H,1H2,2-3H3;3-4H2,1-2H3;2*1-2H3/b;6-5-;;;. The number of halogens is 1. The first-order valence-corrected chi connectivity index (χ1v) is 14.8. The minimum absolute atomic E-state index is 0.0194. The molecule has 0 heterocycles. The molecule has 0 saturated heterocycles. The molecule has 7 N–H and O–H groups in total. The van der Waals surface area contributed by atoms with Crippen molar-refractivity contribution in [3.05, 3.63) is 59.4 Å². The number of nitrogens with one attached hydrogen (secondary N) is 5. The smallest absolute Gasteiger partial charge is 0.243 e. The molecule has 11 heteroatoms. The first-order chi connectivity index (χ1) is 20.4. The minimum atomic E-state index is -0.878. The van der Waals surface area contributed by atoms with Crippen LogP contribution >= 0.6 is 0 Å². The first kappa shape index (κ1) is 46.0. The van der Waals surface area contributed by atoms with E-state index in [9.17, 15) is 23.6 Å². The van der Waals surface area contributed by atoms with Gasteiger partial charge in [0, 0.05) is 6.54 Å². The molecule has 10 nitrogen and oxygen atoms in total. The first-order valence-electron chi connectivity index (χ1n) is 14.8. The van der Waals surface area contributed by atoms with Crippen LogP contribution in [0.2, 0.25) is 0 Å². The lowest BCUT2D eigenvalue weighted by atomic mass is 10.0. The van der Waals surface area contributed by atoms with E-state index in [2.05, 4.69) is 41.7 Å². The quantitative estimate of drug-likeness (QED) is 0.0823. The number of unbranched alkanes of at least 4 members (excludes halogenated alkanes) is 1. The average Bonchev–Trinajstić information content (AvgIpc) is 3.01. The highest BCUT2D eigenvalue weighted by Crippen LogP contribution is 2.09. The number of amidine groups is 1. The summed E-state index contributed by atoms with van der Waals surface area (Å²) in [4.78, 5) is 46.1. The molecule has 0 radical (unpaired) electrons. The van der Waals surface area contributed by atoms with Gasteiger partial charge in [-0.3, -0.25) is 24.6 Å². The van der Waals surface area contributed by atoms with Crippen molar-refractivity contribution >= 4 is 30.0 Å². The van der Waals surface area contributed by atoms with E-state index < -0.39 is 35.4 Å². The van der Waals surface area contributed by atoms with Crippen molar-refractivity contribution in [2.45, 2.75) is 94.7 Å². The average molecular weight is 609 g/mol. The summed E-state index contributed by atoms with van der Waals surface area (Å²) in [5.74, 6) is -2.91. The highest BCUT2D eigenvalue weighted by Gasteiger charge is 2.24. The zero-order valence-electron chi connectivity index (χ0n) is 27.9. The Balaban J connectivity index is -0.000000455. The number of nitrogen functional groups attached to an aromatic ring is 1. The topological polar surface area (TPSA) is 166 Å². The normalized spacial score (nSPS) is 10.2. The highest BCUT2D eigenvalue weighted by atomic mass is 19.1. The Morgan fingerprint density at radius 2 is 1.58 bits per heavy atom. The minimum Gasteiger partial charge on any atom is -0.384 e. The lowest BCUT2D eigenvalue weighted by Crippen LogP contribution is -2.52. The molecule has 0 fully saturated rings. The zero-order chi connectivity index (χ0) is 34.4. The highest BCUT2D eigenvalue weighted by molar-refractivity contribution is 5.95. The van der Waals surface area contributed by atoms with Gasteiger partial charge in [0.15, 0.2) is 0 Å². The summed E-state index contributed by atoms with van der Waals surface area (Å²) in [5, 5.41) is 16.9. The van der Waals surface area contributed by atoms with E-state index in [1.165, 1.54) is 30.5 Å². The van der Waals surface area contributed by atoms with Crippen LogP contribution in [0.4, 0.5) is 4.39 Å². The third-order valence-corrected chi connectivity index (χ3v) is 5.13. The van der Waals surface area contributed by atoms with Gasteiger partial charge in [-0.2, -0.15) is 0 Å². The van der Waals surface area contributed by atoms with Gasteiger partial charge in [-0.1, -0.05) is 98.6 Å². The lowest BCUT2D eigenvalue weighted by molar-refractivity contribution is -0.131. The second kappa shape index (κ2) is 30.9. The van der Waals surface area contributed by atoms with Gasteiger partial charge in [-0.05, 0) is 37.5 Å². The Labute approximate surface area is 259 Å². The van der Waals surface area contributed by atoms with Crippen LogP contribution in [0.3, 0.4) is 0 Å². The van der Waals surface area contributed by atoms with Gasteiger partial charge in [-0.25, -0.2) is 4.39 Å². The molecule has 1 aromatic carbocycles. The van der Waals surface area contributed by atoms with E-state index in [4.69, 9.17) is 11.1 Å². The molecule has 0 aliphatic rings. The van der Waals surface area contributed by atoms with Crippen molar-refractivity contribution in [1.29, 1.82) is 5.41 Å². The molecule has 1 aromatic rings. The number of hydrogen-bond acceptors (Lipinski definition) is 5. The molecule has 1 atom stereocenters. The van der Waals surface area contributed by atoms with E-state index >= 15 is 0 Å². The van der Waals surface area contributed by atoms with Gasteiger partial charge in [0.25, 0.3) is 0 Å². The molecule has 1 unspecified atom stereocenters. The summed E-state index contributed by atoms with van der Waals surface area (Å²) < 4.78 is 13.8. The fourth-order valence-electron chi connectivity index (χ4n) is 2.44. The van der Waals surface area contributed by atoms with Crippen molar-refractivity contribution < 1.29 is 23.6 Å². The summed E-state index contributed by atoms with van der Waals surface area (Å²) in [7, 11) is 0. The van der Waals surface area contributed by atoms with Gasteiger partial charge in [0.05, 0.1) is 18.7 Å². The number of hydrogen-bond donors (Lipinski definition) is 6. The second-order valence-electron chi connectivity index (χ2n) is 8.75. The van der Waals surface area contributed by atoms with Crippen molar-refractivity contribution in [3.63, 3.8) is 0 Å². The number of amides is 4. The Morgan fingerprint density at radius 1 is 1.02 bits per heavy atom. The summed E-state index contributed by atoms with van der Waals surface area (Å²) in [5.41, 5.74) is 6.90. The van der Waals surface area contributed by atoms with Crippen molar-refractivity contribution in [3.8, 4) is 0 Å². The maximum absolute atomic E-state index is 13.8. The molecule has 4 amide bonds. The van der Waals surface area contributed by atoms with Crippen LogP contribution < -0.4 is 27.0 Å². The third-order valence-electron chi connectivity index (χ3n) is 5.13. The van der Waals surface area contributed by atoms with E-state index in [1.54, 1.807) is 13.8 Å². The maximum Gasteiger partial charge on any atom is 0.243 e. The van der Waals surface area contributed by atoms with E-state index in [0.29, 0.717) is 12.0 Å².